The lowest BCUT2D eigenvalue weighted by Gasteiger charge is -1.95. The summed E-state index contributed by atoms with van der Waals surface area (Å²) in [6, 6.07) is 0. The molecule has 12 heavy (non-hydrogen) atoms. The summed E-state index contributed by atoms with van der Waals surface area (Å²) in [5.41, 5.74) is 1.17. The minimum atomic E-state index is 0.438. The minimum absolute atomic E-state index is 0.438. The van der Waals surface area contributed by atoms with Crippen molar-refractivity contribution in [3.63, 3.8) is 0 Å². The van der Waals surface area contributed by atoms with Crippen molar-refractivity contribution in [1.29, 1.82) is 0 Å². The SMILES string of the molecule is O=CNc1ncnc2nc[nH]c12. The summed E-state index contributed by atoms with van der Waals surface area (Å²) in [5.74, 6) is 0.438. The Balaban J connectivity index is 2.65. The Bertz CT molecular complexity index is 409. The fraction of sp³-hybridized carbons (Fsp3) is 0. The molecule has 0 aliphatic heterocycles. The molecule has 0 aliphatic rings. The van der Waals surface area contributed by atoms with Crippen molar-refractivity contribution in [1.82, 2.24) is 19.9 Å². The number of fused-ring (bicyclic) bond motifs is 1. The van der Waals surface area contributed by atoms with Gasteiger partial charge in [0.2, 0.25) is 6.41 Å². The molecule has 60 valence electrons. The summed E-state index contributed by atoms with van der Waals surface area (Å²) in [6.45, 7) is 0. The van der Waals surface area contributed by atoms with Crippen molar-refractivity contribution < 1.29 is 4.79 Å². The number of amides is 1. The third-order valence-corrected chi connectivity index (χ3v) is 1.42. The summed E-state index contributed by atoms with van der Waals surface area (Å²) in [5, 5.41) is 2.43. The lowest BCUT2D eigenvalue weighted by atomic mass is 10.5. The Morgan fingerprint density at radius 2 is 2.33 bits per heavy atom. The van der Waals surface area contributed by atoms with Gasteiger partial charge in [0.15, 0.2) is 11.5 Å². The molecule has 0 saturated heterocycles. The second-order valence-electron chi connectivity index (χ2n) is 2.09. The molecule has 0 aliphatic carbocycles. The van der Waals surface area contributed by atoms with Gasteiger partial charge in [-0.05, 0) is 0 Å². The summed E-state index contributed by atoms with van der Waals surface area (Å²) in [6.07, 6.45) is 3.40. The standard InChI is InChI=1S/C6H5N5O/c12-3-11-6-4-5(8-1-7-4)9-2-10-6/h1-3H,(H2,7,8,9,10,11,12). The first-order valence-electron chi connectivity index (χ1n) is 3.26. The zero-order chi connectivity index (χ0) is 8.39. The molecule has 0 bridgehead atoms. The van der Waals surface area contributed by atoms with Gasteiger partial charge in [-0.1, -0.05) is 0 Å². The van der Waals surface area contributed by atoms with Crippen molar-refractivity contribution in [2.75, 3.05) is 5.32 Å². The van der Waals surface area contributed by atoms with E-state index in [1.54, 1.807) is 0 Å². The lowest BCUT2D eigenvalue weighted by molar-refractivity contribution is -0.105. The van der Waals surface area contributed by atoms with Gasteiger partial charge in [0.25, 0.3) is 0 Å². The molecule has 0 fully saturated rings. The third-order valence-electron chi connectivity index (χ3n) is 1.42. The smallest absolute Gasteiger partial charge is 0.212 e. The van der Waals surface area contributed by atoms with Crippen LogP contribution in [0.2, 0.25) is 0 Å². The van der Waals surface area contributed by atoms with E-state index in [4.69, 9.17) is 0 Å². The van der Waals surface area contributed by atoms with Crippen LogP contribution in [0.5, 0.6) is 0 Å². The Hall–Kier alpha value is -1.98. The van der Waals surface area contributed by atoms with Gasteiger partial charge >= 0.3 is 0 Å². The highest BCUT2D eigenvalue weighted by atomic mass is 16.1. The number of nitrogens with one attached hydrogen (secondary N) is 2. The second-order valence-corrected chi connectivity index (χ2v) is 2.09. The number of rotatable bonds is 2. The topological polar surface area (TPSA) is 83.6 Å². The highest BCUT2D eigenvalue weighted by molar-refractivity contribution is 5.87. The molecule has 2 N–H and O–H groups in total. The molecule has 6 nitrogen and oxygen atoms in total. The first-order chi connectivity index (χ1) is 5.92. The van der Waals surface area contributed by atoms with Crippen molar-refractivity contribution in [2.45, 2.75) is 0 Å². The molecule has 2 rings (SSSR count). The van der Waals surface area contributed by atoms with Gasteiger partial charge < -0.3 is 10.3 Å². The van der Waals surface area contributed by atoms with E-state index in [1.165, 1.54) is 12.7 Å². The molecule has 0 spiro atoms. The van der Waals surface area contributed by atoms with E-state index in [1.807, 2.05) is 0 Å². The van der Waals surface area contributed by atoms with Crippen LogP contribution >= 0.6 is 0 Å². The summed E-state index contributed by atoms with van der Waals surface area (Å²) < 4.78 is 0. The molecule has 2 aromatic rings. The second kappa shape index (κ2) is 2.57. The molecule has 0 unspecified atom stereocenters. The van der Waals surface area contributed by atoms with E-state index in [0.29, 0.717) is 23.4 Å². The van der Waals surface area contributed by atoms with Gasteiger partial charge in [0, 0.05) is 0 Å². The molecule has 1 amide bonds. The Kier molecular flexibility index (Phi) is 1.44. The Morgan fingerprint density at radius 3 is 3.17 bits per heavy atom. The lowest BCUT2D eigenvalue weighted by Crippen LogP contribution is -1.98. The van der Waals surface area contributed by atoms with Crippen LogP contribution in [0.4, 0.5) is 5.82 Å². The highest BCUT2D eigenvalue weighted by Gasteiger charge is 2.02. The summed E-state index contributed by atoms with van der Waals surface area (Å²) in [4.78, 5) is 24.6. The number of H-pyrrole nitrogens is 1. The number of aromatic amines is 1. The minimum Gasteiger partial charge on any atom is -0.340 e. The highest BCUT2D eigenvalue weighted by Crippen LogP contribution is 2.12. The maximum atomic E-state index is 10.1. The first-order valence-corrected chi connectivity index (χ1v) is 3.26. The van der Waals surface area contributed by atoms with Crippen LogP contribution in [0.1, 0.15) is 0 Å². The van der Waals surface area contributed by atoms with Crippen LogP contribution in [-0.4, -0.2) is 26.3 Å². The fourth-order valence-electron chi connectivity index (χ4n) is 0.930. The van der Waals surface area contributed by atoms with Crippen LogP contribution < -0.4 is 5.32 Å². The summed E-state index contributed by atoms with van der Waals surface area (Å²) >= 11 is 0. The van der Waals surface area contributed by atoms with E-state index < -0.39 is 0 Å². The predicted octanol–water partition coefficient (Wildman–Crippen LogP) is -0.0788. The van der Waals surface area contributed by atoms with Crippen LogP contribution in [-0.2, 0) is 4.79 Å². The molecule has 6 heteroatoms. The number of carbonyl (C=O) groups excluding carboxylic acids is 1. The maximum absolute atomic E-state index is 10.1. The monoisotopic (exact) mass is 163 g/mol. The van der Waals surface area contributed by atoms with Gasteiger partial charge in [0.1, 0.15) is 11.8 Å². The Morgan fingerprint density at radius 1 is 1.42 bits per heavy atom. The number of imidazole rings is 1. The molecule has 2 aromatic heterocycles. The number of aromatic nitrogens is 4. The van der Waals surface area contributed by atoms with Gasteiger partial charge in [0.05, 0.1) is 6.33 Å². The van der Waals surface area contributed by atoms with Crippen LogP contribution in [0, 0.1) is 0 Å². The number of hydrogen-bond acceptors (Lipinski definition) is 4. The molecular formula is C6H5N5O. The zero-order valence-corrected chi connectivity index (χ0v) is 5.98. The molecule has 0 radical (unpaired) electrons. The van der Waals surface area contributed by atoms with Gasteiger partial charge in [-0.15, -0.1) is 0 Å². The molecule has 0 atom stereocenters. The quantitative estimate of drug-likeness (QED) is 0.606. The predicted molar refractivity (Wildman–Crippen MR) is 41.4 cm³/mol. The van der Waals surface area contributed by atoms with Gasteiger partial charge in [-0.2, -0.15) is 0 Å². The normalized spacial score (nSPS) is 10.0. The van der Waals surface area contributed by atoms with Crippen LogP contribution in [0.3, 0.4) is 0 Å². The van der Waals surface area contributed by atoms with E-state index in [2.05, 4.69) is 25.3 Å². The van der Waals surface area contributed by atoms with Crippen molar-refractivity contribution >= 4 is 23.4 Å². The first kappa shape index (κ1) is 6.71. The number of anilines is 1. The van der Waals surface area contributed by atoms with E-state index in [0.717, 1.165) is 0 Å². The fourth-order valence-corrected chi connectivity index (χ4v) is 0.930. The van der Waals surface area contributed by atoms with Crippen LogP contribution in [0.25, 0.3) is 11.2 Å². The average Bonchev–Trinajstić information content (AvgIpc) is 2.53. The average molecular weight is 163 g/mol. The molecular weight excluding hydrogens is 158 g/mol. The van der Waals surface area contributed by atoms with Crippen LogP contribution in [0.15, 0.2) is 12.7 Å². The number of carbonyl (C=O) groups is 1. The molecule has 2 heterocycles. The largest absolute Gasteiger partial charge is 0.340 e. The summed E-state index contributed by atoms with van der Waals surface area (Å²) in [7, 11) is 0. The van der Waals surface area contributed by atoms with Crippen molar-refractivity contribution in [3.05, 3.63) is 12.7 Å². The number of hydrogen-bond donors (Lipinski definition) is 2. The van der Waals surface area contributed by atoms with E-state index >= 15 is 0 Å². The van der Waals surface area contributed by atoms with E-state index in [9.17, 15) is 4.79 Å². The van der Waals surface area contributed by atoms with Gasteiger partial charge in [-0.25, -0.2) is 15.0 Å². The van der Waals surface area contributed by atoms with Gasteiger partial charge in [-0.3, -0.25) is 4.79 Å². The van der Waals surface area contributed by atoms with Crippen molar-refractivity contribution in [2.24, 2.45) is 0 Å². The number of nitrogens with zero attached hydrogens (tertiary/aromatic N) is 3. The maximum Gasteiger partial charge on any atom is 0.212 e. The van der Waals surface area contributed by atoms with Crippen molar-refractivity contribution in [3.8, 4) is 0 Å². The van der Waals surface area contributed by atoms with E-state index in [-0.39, 0.29) is 0 Å². The molecule has 0 aromatic carbocycles. The third kappa shape index (κ3) is 0.895. The zero-order valence-electron chi connectivity index (χ0n) is 5.98. The molecule has 0 saturated carbocycles. The Labute approximate surface area is 67.1 Å².